The fourth-order valence-corrected chi connectivity index (χ4v) is 3.44. The van der Waals surface area contributed by atoms with Crippen LogP contribution in [0.1, 0.15) is 47.2 Å². The summed E-state index contributed by atoms with van der Waals surface area (Å²) in [6.07, 6.45) is 1.00. The quantitative estimate of drug-likeness (QED) is 0.403. The largest absolute Gasteiger partial charge is 0.418 e. The van der Waals surface area contributed by atoms with Gasteiger partial charge in [0.25, 0.3) is 5.91 Å². The maximum Gasteiger partial charge on any atom is 0.418 e. The number of hydrogen-bond acceptors (Lipinski definition) is 6. The number of halogens is 4. The van der Waals surface area contributed by atoms with Gasteiger partial charge in [-0.05, 0) is 43.2 Å². The molecule has 1 fully saturated rings. The zero-order valence-electron chi connectivity index (χ0n) is 19.1. The van der Waals surface area contributed by atoms with Gasteiger partial charge in [0.2, 0.25) is 5.91 Å². The lowest BCUT2D eigenvalue weighted by Crippen LogP contribution is -2.48. The van der Waals surface area contributed by atoms with Crippen molar-refractivity contribution in [3.8, 4) is 0 Å². The van der Waals surface area contributed by atoms with E-state index >= 15 is 0 Å². The Morgan fingerprint density at radius 3 is 2.33 bits per heavy atom. The van der Waals surface area contributed by atoms with Gasteiger partial charge in [-0.15, -0.1) is 0 Å². The summed E-state index contributed by atoms with van der Waals surface area (Å²) in [6, 6.07) is 5.37. The molecule has 1 aromatic carbocycles. The molecule has 0 spiro atoms. The van der Waals surface area contributed by atoms with Crippen molar-refractivity contribution in [2.75, 3.05) is 5.32 Å². The van der Waals surface area contributed by atoms with Gasteiger partial charge in [0.1, 0.15) is 17.2 Å². The molecule has 2 amide bonds. The van der Waals surface area contributed by atoms with Crippen LogP contribution in [-0.2, 0) is 23.9 Å². The van der Waals surface area contributed by atoms with Crippen molar-refractivity contribution in [3.63, 3.8) is 0 Å². The average molecular weight is 502 g/mol. The van der Waals surface area contributed by atoms with Crippen molar-refractivity contribution >= 4 is 23.2 Å². The number of nitrogens with one attached hydrogen (secondary N) is 3. The van der Waals surface area contributed by atoms with Crippen LogP contribution in [0, 0.1) is 5.82 Å². The fourth-order valence-electron chi connectivity index (χ4n) is 3.44. The van der Waals surface area contributed by atoms with E-state index in [0.717, 1.165) is 12.1 Å². The summed E-state index contributed by atoms with van der Waals surface area (Å²) in [5.41, 5.74) is -1.50. The van der Waals surface area contributed by atoms with Gasteiger partial charge < -0.3 is 16.0 Å². The van der Waals surface area contributed by atoms with Gasteiger partial charge in [-0.25, -0.2) is 14.4 Å². The highest BCUT2D eigenvalue weighted by atomic mass is 19.4. The first kappa shape index (κ1) is 25.0. The molecule has 3 N–H and O–H groups in total. The third kappa shape index (κ3) is 5.75. The Bertz CT molecular complexity index is 1260. The minimum Gasteiger partial charge on any atom is -0.354 e. The Hall–Kier alpha value is -4.09. The topological polar surface area (TPSA) is 109 Å². The summed E-state index contributed by atoms with van der Waals surface area (Å²) in [6.45, 7) is 1.95. The van der Waals surface area contributed by atoms with Crippen LogP contribution in [0.2, 0.25) is 0 Å². The Balaban J connectivity index is 1.34. The van der Waals surface area contributed by atoms with E-state index < -0.39 is 29.0 Å². The second kappa shape index (κ2) is 9.88. The number of amides is 2. The number of carbonyl (C=O) groups is 2. The van der Waals surface area contributed by atoms with Gasteiger partial charge >= 0.3 is 6.18 Å². The van der Waals surface area contributed by atoms with Gasteiger partial charge in [0.15, 0.2) is 0 Å². The van der Waals surface area contributed by atoms with Gasteiger partial charge in [-0.1, -0.05) is 6.92 Å². The molecule has 2 aromatic heterocycles. The molecule has 0 saturated heterocycles. The Labute approximate surface area is 203 Å². The summed E-state index contributed by atoms with van der Waals surface area (Å²) < 4.78 is 52.8. The number of carbonyl (C=O) groups excluding carboxylic acids is 2. The molecule has 0 aliphatic heterocycles. The third-order valence-electron chi connectivity index (χ3n) is 5.64. The number of hydrogen-bond donors (Lipinski definition) is 3. The fraction of sp³-hybridized carbons (Fsp3) is 0.292. The van der Waals surface area contributed by atoms with Gasteiger partial charge in [0.05, 0.1) is 40.9 Å². The Morgan fingerprint density at radius 1 is 1.03 bits per heavy atom. The number of benzene rings is 1. The van der Waals surface area contributed by atoms with Crippen LogP contribution in [0.25, 0.3) is 0 Å². The van der Waals surface area contributed by atoms with E-state index in [1.165, 1.54) is 30.7 Å². The van der Waals surface area contributed by atoms with Crippen molar-refractivity contribution in [2.45, 2.75) is 44.4 Å². The van der Waals surface area contributed by atoms with Crippen molar-refractivity contribution in [2.24, 2.45) is 0 Å². The first-order chi connectivity index (χ1) is 17.1. The van der Waals surface area contributed by atoms with Crippen LogP contribution in [0.15, 0.2) is 48.9 Å². The molecule has 4 rings (SSSR count). The second-order valence-electron chi connectivity index (χ2n) is 8.31. The highest BCUT2D eigenvalue weighted by Gasteiger charge is 2.51. The zero-order chi connectivity index (χ0) is 25.9. The molecular weight excluding hydrogens is 480 g/mol. The molecule has 188 valence electrons. The van der Waals surface area contributed by atoms with Crippen molar-refractivity contribution in [1.29, 1.82) is 0 Å². The Kier molecular flexibility index (Phi) is 6.86. The Morgan fingerprint density at radius 2 is 1.75 bits per heavy atom. The maximum absolute atomic E-state index is 13.3. The lowest BCUT2D eigenvalue weighted by Gasteiger charge is -2.17. The number of aromatic nitrogens is 3. The van der Waals surface area contributed by atoms with Crippen LogP contribution in [-0.4, -0.2) is 32.3 Å². The highest BCUT2D eigenvalue weighted by molar-refractivity contribution is 6.00. The number of aryl methyl sites for hydroxylation is 1. The van der Waals surface area contributed by atoms with E-state index in [0.29, 0.717) is 36.8 Å². The van der Waals surface area contributed by atoms with Crippen LogP contribution in [0.4, 0.5) is 28.9 Å². The molecule has 0 atom stereocenters. The minimum atomic E-state index is -4.73. The van der Waals surface area contributed by atoms with Crippen molar-refractivity contribution < 1.29 is 27.2 Å². The molecule has 12 heteroatoms. The molecule has 8 nitrogen and oxygen atoms in total. The van der Waals surface area contributed by atoms with Gasteiger partial charge in [-0.3, -0.25) is 14.6 Å². The van der Waals surface area contributed by atoms with Crippen molar-refractivity contribution in [1.82, 2.24) is 25.6 Å². The molecule has 2 heterocycles. The predicted molar refractivity (Wildman–Crippen MR) is 122 cm³/mol. The molecule has 0 bridgehead atoms. The van der Waals surface area contributed by atoms with E-state index in [2.05, 4.69) is 30.9 Å². The van der Waals surface area contributed by atoms with Gasteiger partial charge in [0, 0.05) is 18.8 Å². The molecule has 0 unspecified atom stereocenters. The summed E-state index contributed by atoms with van der Waals surface area (Å²) in [5, 5.41) is 8.04. The van der Waals surface area contributed by atoms with Crippen LogP contribution in [0.5, 0.6) is 0 Å². The number of anilines is 2. The number of rotatable bonds is 8. The molecule has 0 radical (unpaired) electrons. The molecule has 1 saturated carbocycles. The third-order valence-corrected chi connectivity index (χ3v) is 5.64. The predicted octanol–water partition coefficient (Wildman–Crippen LogP) is 3.91. The van der Waals surface area contributed by atoms with Crippen LogP contribution in [0.3, 0.4) is 0 Å². The van der Waals surface area contributed by atoms with E-state index in [1.54, 1.807) is 0 Å². The van der Waals surface area contributed by atoms with Crippen LogP contribution >= 0.6 is 0 Å². The smallest absolute Gasteiger partial charge is 0.354 e. The standard InChI is InChI=1S/C24H22F4N6O2/c1-2-20-30-10-14(11-31-20)21(35)34-23(7-8-23)22(36)32-12-16-4-5-17(13-29-16)33-19-6-3-15(25)9-18(19)24(26,27)28/h3-6,9-11,13,33H,2,7-8,12H2,1H3,(H,32,36)(H,34,35). The maximum atomic E-state index is 13.3. The summed E-state index contributed by atoms with van der Waals surface area (Å²) in [5.74, 6) is -1.20. The molecular formula is C24H22F4N6O2. The SMILES string of the molecule is CCc1ncc(C(=O)NC2(C(=O)NCc3ccc(Nc4ccc(F)cc4C(F)(F)F)cn3)CC2)cn1. The zero-order valence-corrected chi connectivity index (χ0v) is 19.1. The summed E-state index contributed by atoms with van der Waals surface area (Å²) in [4.78, 5) is 37.5. The first-order valence-electron chi connectivity index (χ1n) is 11.1. The monoisotopic (exact) mass is 502 g/mol. The number of pyridine rings is 1. The number of nitrogens with zero attached hydrogens (tertiary/aromatic N) is 3. The van der Waals surface area contributed by atoms with E-state index in [4.69, 9.17) is 0 Å². The lowest BCUT2D eigenvalue weighted by molar-refractivity contribution is -0.137. The molecule has 36 heavy (non-hydrogen) atoms. The first-order valence-corrected chi connectivity index (χ1v) is 11.1. The molecule has 1 aliphatic carbocycles. The van der Waals surface area contributed by atoms with E-state index in [-0.39, 0.29) is 29.4 Å². The lowest BCUT2D eigenvalue weighted by atomic mass is 10.1. The molecule has 3 aromatic rings. The van der Waals surface area contributed by atoms with E-state index in [1.807, 2.05) is 6.92 Å². The molecule has 1 aliphatic rings. The summed E-state index contributed by atoms with van der Waals surface area (Å²) >= 11 is 0. The van der Waals surface area contributed by atoms with Crippen molar-refractivity contribution in [3.05, 3.63) is 77.4 Å². The number of alkyl halides is 3. The summed E-state index contributed by atoms with van der Waals surface area (Å²) in [7, 11) is 0. The minimum absolute atomic E-state index is 0.0510. The normalized spacial score (nSPS) is 14.1. The van der Waals surface area contributed by atoms with Gasteiger partial charge in [-0.2, -0.15) is 13.2 Å². The van der Waals surface area contributed by atoms with Crippen LogP contribution < -0.4 is 16.0 Å². The van der Waals surface area contributed by atoms with E-state index in [9.17, 15) is 27.2 Å². The average Bonchev–Trinajstić information content (AvgIpc) is 3.64. The second-order valence-corrected chi connectivity index (χ2v) is 8.31. The highest BCUT2D eigenvalue weighted by Crippen LogP contribution is 2.37.